The number of pyridine rings is 1. The van der Waals surface area contributed by atoms with E-state index in [0.29, 0.717) is 24.8 Å². The maximum atomic E-state index is 5.99. The first-order chi connectivity index (χ1) is 12.2. The van der Waals surface area contributed by atoms with Crippen LogP contribution in [-0.2, 0) is 13.2 Å². The number of ether oxygens (including phenoxy) is 2. The molecule has 2 N–H and O–H groups in total. The van der Waals surface area contributed by atoms with Crippen LogP contribution in [0.3, 0.4) is 0 Å². The van der Waals surface area contributed by atoms with Crippen LogP contribution in [0.1, 0.15) is 29.8 Å². The number of aromatic nitrogens is 1. The van der Waals surface area contributed by atoms with Gasteiger partial charge in [0, 0.05) is 18.2 Å². The Kier molecular flexibility index (Phi) is 5.65. The van der Waals surface area contributed by atoms with Gasteiger partial charge >= 0.3 is 0 Å². The van der Waals surface area contributed by atoms with Crippen molar-refractivity contribution in [3.8, 4) is 11.6 Å². The second-order valence-electron chi connectivity index (χ2n) is 5.90. The molecule has 128 valence electrons. The van der Waals surface area contributed by atoms with Crippen molar-refractivity contribution in [3.63, 3.8) is 0 Å². The van der Waals surface area contributed by atoms with E-state index in [9.17, 15) is 0 Å². The Labute approximate surface area is 148 Å². The van der Waals surface area contributed by atoms with Crippen molar-refractivity contribution in [3.05, 3.63) is 89.6 Å². The highest BCUT2D eigenvalue weighted by Gasteiger charge is 2.09. The number of nitrogens with two attached hydrogens (primary N) is 1. The molecule has 3 rings (SSSR count). The molecule has 25 heavy (non-hydrogen) atoms. The van der Waals surface area contributed by atoms with Crippen molar-refractivity contribution in [1.29, 1.82) is 0 Å². The molecule has 3 aromatic rings. The Bertz CT molecular complexity index is 728. The van der Waals surface area contributed by atoms with Gasteiger partial charge in [-0.2, -0.15) is 0 Å². The average molecular weight is 334 g/mol. The highest BCUT2D eigenvalue weighted by Crippen LogP contribution is 2.24. The van der Waals surface area contributed by atoms with E-state index < -0.39 is 0 Å². The first-order valence-electron chi connectivity index (χ1n) is 8.32. The summed E-state index contributed by atoms with van der Waals surface area (Å²) in [6.07, 6.45) is 0. The van der Waals surface area contributed by atoms with E-state index in [1.165, 1.54) is 0 Å². The van der Waals surface area contributed by atoms with Crippen LogP contribution in [0.25, 0.3) is 0 Å². The van der Waals surface area contributed by atoms with Gasteiger partial charge in [0.2, 0.25) is 5.88 Å². The van der Waals surface area contributed by atoms with Crippen molar-refractivity contribution in [2.75, 3.05) is 0 Å². The van der Waals surface area contributed by atoms with E-state index in [2.05, 4.69) is 4.98 Å². The molecule has 0 saturated heterocycles. The van der Waals surface area contributed by atoms with E-state index in [1.54, 1.807) is 6.07 Å². The van der Waals surface area contributed by atoms with Gasteiger partial charge in [-0.1, -0.05) is 60.7 Å². The summed E-state index contributed by atoms with van der Waals surface area (Å²) in [6, 6.07) is 23.5. The van der Waals surface area contributed by atoms with Crippen LogP contribution < -0.4 is 15.2 Å². The average Bonchev–Trinajstić information content (AvgIpc) is 2.66. The van der Waals surface area contributed by atoms with E-state index in [0.717, 1.165) is 16.8 Å². The van der Waals surface area contributed by atoms with Crippen molar-refractivity contribution >= 4 is 0 Å². The summed E-state index contributed by atoms with van der Waals surface area (Å²) >= 11 is 0. The minimum Gasteiger partial charge on any atom is -0.489 e. The van der Waals surface area contributed by atoms with Gasteiger partial charge in [-0.15, -0.1) is 0 Å². The fourth-order valence-corrected chi connectivity index (χ4v) is 2.36. The third kappa shape index (κ3) is 5.06. The molecule has 1 atom stereocenters. The summed E-state index contributed by atoms with van der Waals surface area (Å²) in [5.74, 6) is 1.22. The minimum atomic E-state index is -0.195. The van der Waals surface area contributed by atoms with E-state index >= 15 is 0 Å². The summed E-state index contributed by atoms with van der Waals surface area (Å²) in [6.45, 7) is 2.83. The summed E-state index contributed by atoms with van der Waals surface area (Å²) in [5, 5.41) is 0. The lowest BCUT2D eigenvalue weighted by Gasteiger charge is -2.13. The summed E-state index contributed by atoms with van der Waals surface area (Å²) < 4.78 is 11.7. The lowest BCUT2D eigenvalue weighted by molar-refractivity contribution is 0.279. The number of nitrogens with zero attached hydrogens (tertiary/aromatic N) is 1. The Hall–Kier alpha value is -2.85. The minimum absolute atomic E-state index is 0.195. The van der Waals surface area contributed by atoms with Crippen LogP contribution in [0.15, 0.2) is 72.8 Å². The lowest BCUT2D eigenvalue weighted by Crippen LogP contribution is -2.09. The van der Waals surface area contributed by atoms with E-state index in [1.807, 2.05) is 73.7 Å². The SMILES string of the molecule is CC(N)c1cc(OCc2ccccc2)cc(OCc2ccccc2)n1. The third-order valence-electron chi connectivity index (χ3n) is 3.74. The molecular weight excluding hydrogens is 312 g/mol. The predicted octanol–water partition coefficient (Wildman–Crippen LogP) is 4.26. The molecule has 0 aliphatic rings. The fourth-order valence-electron chi connectivity index (χ4n) is 2.36. The second-order valence-corrected chi connectivity index (χ2v) is 5.90. The molecule has 0 aliphatic heterocycles. The second kappa shape index (κ2) is 8.31. The van der Waals surface area contributed by atoms with Crippen LogP contribution in [-0.4, -0.2) is 4.98 Å². The zero-order valence-corrected chi connectivity index (χ0v) is 14.3. The Morgan fingerprint density at radius 1 is 0.840 bits per heavy atom. The summed E-state index contributed by atoms with van der Waals surface area (Å²) in [7, 11) is 0. The van der Waals surface area contributed by atoms with Gasteiger partial charge in [-0.25, -0.2) is 4.98 Å². The molecule has 1 heterocycles. The topological polar surface area (TPSA) is 57.4 Å². The maximum absolute atomic E-state index is 5.99. The van der Waals surface area contributed by atoms with Crippen LogP contribution in [0.4, 0.5) is 0 Å². The molecule has 4 nitrogen and oxygen atoms in total. The molecule has 0 bridgehead atoms. The molecule has 0 spiro atoms. The van der Waals surface area contributed by atoms with Gasteiger partial charge in [0.1, 0.15) is 19.0 Å². The normalized spacial score (nSPS) is 11.8. The molecule has 0 fully saturated rings. The molecule has 0 amide bonds. The van der Waals surface area contributed by atoms with Crippen molar-refractivity contribution in [2.24, 2.45) is 5.73 Å². The lowest BCUT2D eigenvalue weighted by atomic mass is 10.2. The molecule has 4 heteroatoms. The number of benzene rings is 2. The highest BCUT2D eigenvalue weighted by molar-refractivity contribution is 5.32. The fraction of sp³-hybridized carbons (Fsp3) is 0.190. The quantitative estimate of drug-likeness (QED) is 0.701. The third-order valence-corrected chi connectivity index (χ3v) is 3.74. The largest absolute Gasteiger partial charge is 0.489 e. The highest BCUT2D eigenvalue weighted by atomic mass is 16.5. The number of hydrogen-bond acceptors (Lipinski definition) is 4. The number of hydrogen-bond donors (Lipinski definition) is 1. The van der Waals surface area contributed by atoms with Gasteiger partial charge in [-0.05, 0) is 18.1 Å². The van der Waals surface area contributed by atoms with Crippen LogP contribution in [0.2, 0.25) is 0 Å². The zero-order chi connectivity index (χ0) is 17.5. The molecule has 1 aromatic heterocycles. The number of rotatable bonds is 7. The Morgan fingerprint density at radius 2 is 1.40 bits per heavy atom. The van der Waals surface area contributed by atoms with E-state index in [-0.39, 0.29) is 6.04 Å². The molecule has 0 aliphatic carbocycles. The predicted molar refractivity (Wildman–Crippen MR) is 98.4 cm³/mol. The van der Waals surface area contributed by atoms with Gasteiger partial charge in [0.05, 0.1) is 5.69 Å². The van der Waals surface area contributed by atoms with E-state index in [4.69, 9.17) is 15.2 Å². The molecule has 0 saturated carbocycles. The zero-order valence-electron chi connectivity index (χ0n) is 14.3. The first-order valence-corrected chi connectivity index (χ1v) is 8.32. The Balaban J connectivity index is 1.72. The molecule has 1 unspecified atom stereocenters. The standard InChI is InChI=1S/C21H22N2O2/c1-16(22)20-12-19(24-14-17-8-4-2-5-9-17)13-21(23-20)25-15-18-10-6-3-7-11-18/h2-13,16H,14-15,22H2,1H3. The van der Waals surface area contributed by atoms with Crippen molar-refractivity contribution in [1.82, 2.24) is 4.98 Å². The first kappa shape index (κ1) is 17.0. The van der Waals surface area contributed by atoms with Crippen molar-refractivity contribution < 1.29 is 9.47 Å². The maximum Gasteiger partial charge on any atom is 0.217 e. The monoisotopic (exact) mass is 334 g/mol. The summed E-state index contributed by atoms with van der Waals surface area (Å²) in [4.78, 5) is 4.48. The van der Waals surface area contributed by atoms with Crippen molar-refractivity contribution in [2.45, 2.75) is 26.2 Å². The molecule has 2 aromatic carbocycles. The van der Waals surface area contributed by atoms with Crippen LogP contribution >= 0.6 is 0 Å². The van der Waals surface area contributed by atoms with Gasteiger partial charge in [0.25, 0.3) is 0 Å². The Morgan fingerprint density at radius 3 is 1.96 bits per heavy atom. The molecular formula is C21H22N2O2. The smallest absolute Gasteiger partial charge is 0.217 e. The van der Waals surface area contributed by atoms with Gasteiger partial charge in [0.15, 0.2) is 0 Å². The van der Waals surface area contributed by atoms with Gasteiger partial charge in [-0.3, -0.25) is 0 Å². The molecule has 0 radical (unpaired) electrons. The van der Waals surface area contributed by atoms with Crippen LogP contribution in [0, 0.1) is 0 Å². The van der Waals surface area contributed by atoms with Gasteiger partial charge < -0.3 is 15.2 Å². The van der Waals surface area contributed by atoms with Crippen LogP contribution in [0.5, 0.6) is 11.6 Å². The summed E-state index contributed by atoms with van der Waals surface area (Å²) in [5.41, 5.74) is 8.93.